The second-order valence-corrected chi connectivity index (χ2v) is 8.25. The molecule has 172 valence electrons. The molecule has 1 aromatic heterocycles. The molecule has 3 rings (SSSR count). The summed E-state index contributed by atoms with van der Waals surface area (Å²) in [6.07, 6.45) is 1.45. The standard InChI is InChI=1S/C25H27ClN4O3/c1-16(2)33-25(32)19-5-11-23(12-6-19)30-17(3)13-20(18(30)4)14-28-29-24(31)15-27-22-9-7-21(26)8-10-22/h5-14,16,27H,15H2,1-4H3,(H,29,31)/b28-14-. The Bertz CT molecular complexity index is 1150. The van der Waals surface area contributed by atoms with Gasteiger partial charge < -0.3 is 14.6 Å². The number of nitrogens with zero attached hydrogens (tertiary/aromatic N) is 2. The Kier molecular flexibility index (Phi) is 7.90. The zero-order valence-corrected chi connectivity index (χ0v) is 19.8. The first kappa shape index (κ1) is 24.1. The van der Waals surface area contributed by atoms with Crippen molar-refractivity contribution in [2.75, 3.05) is 11.9 Å². The van der Waals surface area contributed by atoms with Crippen LogP contribution in [-0.4, -0.2) is 35.3 Å². The van der Waals surface area contributed by atoms with Gasteiger partial charge in [0.15, 0.2) is 0 Å². The van der Waals surface area contributed by atoms with Crippen molar-refractivity contribution in [1.29, 1.82) is 0 Å². The average Bonchev–Trinajstić information content (AvgIpc) is 3.06. The highest BCUT2D eigenvalue weighted by atomic mass is 35.5. The number of nitrogens with one attached hydrogen (secondary N) is 2. The number of anilines is 1. The first-order chi connectivity index (χ1) is 15.7. The number of benzene rings is 2. The van der Waals surface area contributed by atoms with Gasteiger partial charge in [-0.05, 0) is 82.3 Å². The molecule has 7 nitrogen and oxygen atoms in total. The number of hydrazone groups is 1. The quantitative estimate of drug-likeness (QED) is 0.281. The van der Waals surface area contributed by atoms with Gasteiger partial charge in [-0.15, -0.1) is 0 Å². The topological polar surface area (TPSA) is 84.7 Å². The molecule has 0 aliphatic rings. The van der Waals surface area contributed by atoms with Crippen LogP contribution in [0.1, 0.15) is 41.2 Å². The maximum absolute atomic E-state index is 12.1. The number of amides is 1. The summed E-state index contributed by atoms with van der Waals surface area (Å²) in [5.74, 6) is -0.606. The van der Waals surface area contributed by atoms with Crippen LogP contribution in [-0.2, 0) is 9.53 Å². The molecular formula is C25H27ClN4O3. The van der Waals surface area contributed by atoms with Crippen molar-refractivity contribution in [2.45, 2.75) is 33.8 Å². The number of hydrogen-bond acceptors (Lipinski definition) is 5. The predicted octanol–water partition coefficient (Wildman–Crippen LogP) is 4.87. The van der Waals surface area contributed by atoms with Crippen molar-refractivity contribution in [1.82, 2.24) is 9.99 Å². The van der Waals surface area contributed by atoms with E-state index in [1.165, 1.54) is 0 Å². The van der Waals surface area contributed by atoms with Crippen LogP contribution >= 0.6 is 11.6 Å². The Morgan fingerprint density at radius 3 is 2.39 bits per heavy atom. The largest absolute Gasteiger partial charge is 0.459 e. The Morgan fingerprint density at radius 2 is 1.76 bits per heavy atom. The summed E-state index contributed by atoms with van der Waals surface area (Å²) in [7, 11) is 0. The zero-order valence-electron chi connectivity index (χ0n) is 19.1. The molecule has 8 heteroatoms. The number of ether oxygens (including phenoxy) is 1. The number of aromatic nitrogens is 1. The van der Waals surface area contributed by atoms with E-state index in [0.717, 1.165) is 28.3 Å². The molecule has 0 aliphatic carbocycles. The lowest BCUT2D eigenvalue weighted by Crippen LogP contribution is -2.25. The molecule has 0 atom stereocenters. The number of halogens is 1. The van der Waals surface area contributed by atoms with Gasteiger partial charge in [0.2, 0.25) is 0 Å². The van der Waals surface area contributed by atoms with E-state index in [2.05, 4.69) is 20.4 Å². The van der Waals surface area contributed by atoms with Crippen LogP contribution in [0.4, 0.5) is 5.69 Å². The fourth-order valence-corrected chi connectivity index (χ4v) is 3.43. The van der Waals surface area contributed by atoms with Crippen LogP contribution in [0.5, 0.6) is 0 Å². The number of carbonyl (C=O) groups excluding carboxylic acids is 2. The van der Waals surface area contributed by atoms with Gasteiger partial charge in [-0.1, -0.05) is 11.6 Å². The number of carbonyl (C=O) groups is 2. The first-order valence-corrected chi connectivity index (χ1v) is 10.9. The molecular weight excluding hydrogens is 440 g/mol. The molecule has 33 heavy (non-hydrogen) atoms. The van der Waals surface area contributed by atoms with Crippen LogP contribution in [0.25, 0.3) is 5.69 Å². The monoisotopic (exact) mass is 466 g/mol. The Labute approximate surface area is 198 Å². The van der Waals surface area contributed by atoms with Crippen molar-refractivity contribution < 1.29 is 14.3 Å². The normalized spacial score (nSPS) is 11.1. The minimum Gasteiger partial charge on any atom is -0.459 e. The Morgan fingerprint density at radius 1 is 1.09 bits per heavy atom. The number of aryl methyl sites for hydroxylation is 1. The first-order valence-electron chi connectivity index (χ1n) is 10.6. The lowest BCUT2D eigenvalue weighted by atomic mass is 10.2. The summed E-state index contributed by atoms with van der Waals surface area (Å²) in [5, 5.41) is 7.72. The molecule has 0 fully saturated rings. The SMILES string of the molecule is Cc1cc(/C=N\NC(=O)CNc2ccc(Cl)cc2)c(C)n1-c1ccc(C(=O)OC(C)C)cc1. The highest BCUT2D eigenvalue weighted by molar-refractivity contribution is 6.30. The molecule has 0 bridgehead atoms. The summed E-state index contributed by atoms with van der Waals surface area (Å²) in [6, 6.07) is 16.3. The van der Waals surface area contributed by atoms with Crippen LogP contribution in [0.3, 0.4) is 0 Å². The van der Waals surface area contributed by atoms with Crippen LogP contribution in [0, 0.1) is 13.8 Å². The Hall–Kier alpha value is -3.58. The zero-order chi connectivity index (χ0) is 24.0. The smallest absolute Gasteiger partial charge is 0.338 e. The van der Waals surface area contributed by atoms with Crippen molar-refractivity contribution >= 4 is 35.4 Å². The summed E-state index contributed by atoms with van der Waals surface area (Å²) in [4.78, 5) is 24.1. The van der Waals surface area contributed by atoms with Gasteiger partial charge in [0, 0.05) is 33.3 Å². The fraction of sp³-hybridized carbons (Fsp3) is 0.240. The lowest BCUT2D eigenvalue weighted by Gasteiger charge is -2.11. The molecule has 2 aromatic carbocycles. The van der Waals surface area contributed by atoms with Crippen molar-refractivity contribution in [3.8, 4) is 5.69 Å². The number of hydrogen-bond donors (Lipinski definition) is 2. The number of rotatable bonds is 8. The lowest BCUT2D eigenvalue weighted by molar-refractivity contribution is -0.119. The van der Waals surface area contributed by atoms with E-state index in [0.29, 0.717) is 10.6 Å². The van der Waals surface area contributed by atoms with Crippen molar-refractivity contribution in [3.63, 3.8) is 0 Å². The molecule has 2 N–H and O–H groups in total. The van der Waals surface area contributed by atoms with Gasteiger partial charge >= 0.3 is 5.97 Å². The highest BCUT2D eigenvalue weighted by Crippen LogP contribution is 2.20. The number of esters is 1. The van der Waals surface area contributed by atoms with Gasteiger partial charge in [-0.3, -0.25) is 4.79 Å². The second kappa shape index (κ2) is 10.8. The minimum atomic E-state index is -0.341. The predicted molar refractivity (Wildman–Crippen MR) is 131 cm³/mol. The highest BCUT2D eigenvalue weighted by Gasteiger charge is 2.12. The molecule has 0 saturated heterocycles. The van der Waals surface area contributed by atoms with E-state index < -0.39 is 0 Å². The fourth-order valence-electron chi connectivity index (χ4n) is 3.31. The van der Waals surface area contributed by atoms with Gasteiger partial charge in [0.1, 0.15) is 0 Å². The maximum atomic E-state index is 12.1. The molecule has 1 amide bonds. The third-order valence-corrected chi connectivity index (χ3v) is 5.12. The third kappa shape index (κ3) is 6.46. The third-order valence-electron chi connectivity index (χ3n) is 4.86. The van der Waals surface area contributed by atoms with E-state index in [1.54, 1.807) is 42.6 Å². The summed E-state index contributed by atoms with van der Waals surface area (Å²) in [5.41, 5.74) is 7.59. The molecule has 0 radical (unpaired) electrons. The Balaban J connectivity index is 1.62. The molecule has 3 aromatic rings. The molecule has 0 spiro atoms. The van der Waals surface area contributed by atoms with Crippen molar-refractivity contribution in [3.05, 3.63) is 82.1 Å². The van der Waals surface area contributed by atoms with Gasteiger partial charge in [-0.2, -0.15) is 5.10 Å². The van der Waals surface area contributed by atoms with E-state index in [-0.39, 0.29) is 24.5 Å². The van der Waals surface area contributed by atoms with Crippen LogP contribution in [0.2, 0.25) is 5.02 Å². The minimum absolute atomic E-state index is 0.0869. The molecule has 0 unspecified atom stereocenters. The van der Waals surface area contributed by atoms with Gasteiger partial charge in [0.05, 0.1) is 24.4 Å². The van der Waals surface area contributed by atoms with E-state index in [1.807, 2.05) is 45.9 Å². The van der Waals surface area contributed by atoms with Crippen LogP contribution < -0.4 is 10.7 Å². The second-order valence-electron chi connectivity index (χ2n) is 7.82. The maximum Gasteiger partial charge on any atom is 0.338 e. The average molecular weight is 467 g/mol. The van der Waals surface area contributed by atoms with E-state index >= 15 is 0 Å². The summed E-state index contributed by atoms with van der Waals surface area (Å²) < 4.78 is 7.30. The van der Waals surface area contributed by atoms with Crippen molar-refractivity contribution in [2.24, 2.45) is 5.10 Å². The van der Waals surface area contributed by atoms with Gasteiger partial charge in [-0.25, -0.2) is 10.2 Å². The summed E-state index contributed by atoms with van der Waals surface area (Å²) >= 11 is 5.85. The summed E-state index contributed by atoms with van der Waals surface area (Å²) in [6.45, 7) is 7.68. The molecule has 1 heterocycles. The molecule has 0 aliphatic heterocycles. The molecule has 0 saturated carbocycles. The van der Waals surface area contributed by atoms with E-state index in [9.17, 15) is 9.59 Å². The van der Waals surface area contributed by atoms with Crippen LogP contribution in [0.15, 0.2) is 59.7 Å². The van der Waals surface area contributed by atoms with Gasteiger partial charge in [0.25, 0.3) is 5.91 Å². The van der Waals surface area contributed by atoms with E-state index in [4.69, 9.17) is 16.3 Å².